The molecule has 5 heterocycles. The van der Waals surface area contributed by atoms with E-state index in [0.717, 1.165) is 53.3 Å². The number of rotatable bonds is 12. The van der Waals surface area contributed by atoms with Gasteiger partial charge in [-0.15, -0.1) is 0 Å². The molecular formula is C40H32Br2N4O8. The van der Waals surface area contributed by atoms with Gasteiger partial charge in [0, 0.05) is 22.2 Å². The van der Waals surface area contributed by atoms with Crippen LogP contribution in [-0.2, 0) is 19.1 Å². The molecule has 0 fully saturated rings. The van der Waals surface area contributed by atoms with Crippen molar-refractivity contribution >= 4 is 90.2 Å². The molecule has 0 saturated carbocycles. The minimum absolute atomic E-state index is 0.475. The molecule has 54 heavy (non-hydrogen) atoms. The molecule has 8 bridgehead atoms. The van der Waals surface area contributed by atoms with E-state index in [2.05, 4.69) is 41.8 Å². The molecule has 2 aromatic carbocycles. The predicted octanol–water partition coefficient (Wildman–Crippen LogP) is 9.17. The zero-order valence-corrected chi connectivity index (χ0v) is 32.0. The second-order valence-corrected chi connectivity index (χ2v) is 13.8. The topological polar surface area (TPSA) is 169 Å². The van der Waals surface area contributed by atoms with Crippen LogP contribution in [0.2, 0.25) is 0 Å². The molecule has 0 amide bonds. The van der Waals surface area contributed by atoms with Crippen LogP contribution in [0.1, 0.15) is 36.6 Å². The van der Waals surface area contributed by atoms with E-state index in [1.807, 2.05) is 85.0 Å². The molecule has 274 valence electrons. The third-order valence-corrected chi connectivity index (χ3v) is 10.0. The lowest BCUT2D eigenvalue weighted by Crippen LogP contribution is -2.20. The van der Waals surface area contributed by atoms with Crippen molar-refractivity contribution in [3.05, 3.63) is 105 Å². The van der Waals surface area contributed by atoms with Gasteiger partial charge in [0.15, 0.2) is 12.6 Å². The first-order chi connectivity index (χ1) is 26.0. The Labute approximate surface area is 325 Å². The zero-order chi connectivity index (χ0) is 37.9. The highest BCUT2D eigenvalue weighted by Crippen LogP contribution is 2.37. The number of H-pyrrole nitrogens is 2. The van der Waals surface area contributed by atoms with E-state index in [1.165, 1.54) is 0 Å². The molecule has 0 radical (unpaired) electrons. The maximum Gasteiger partial charge on any atom is 0.329 e. The summed E-state index contributed by atoms with van der Waals surface area (Å²) in [4.78, 5) is 39.2. The Morgan fingerprint density at radius 3 is 1.41 bits per heavy atom. The van der Waals surface area contributed by atoms with Gasteiger partial charge >= 0.3 is 11.9 Å². The summed E-state index contributed by atoms with van der Waals surface area (Å²) < 4.78 is 23.9. The average Bonchev–Trinajstić information content (AvgIpc) is 3.98. The van der Waals surface area contributed by atoms with E-state index in [4.69, 9.17) is 39.1 Å². The summed E-state index contributed by atoms with van der Waals surface area (Å²) in [6.07, 6.45) is 6.21. The van der Waals surface area contributed by atoms with Gasteiger partial charge in [-0.3, -0.25) is 0 Å². The van der Waals surface area contributed by atoms with Gasteiger partial charge in [-0.1, -0.05) is 24.3 Å². The highest BCUT2D eigenvalue weighted by molar-refractivity contribution is 9.11. The number of carboxylic acids is 2. The number of nitrogens with one attached hydrogen (secondary N) is 2. The van der Waals surface area contributed by atoms with Gasteiger partial charge in [-0.2, -0.15) is 0 Å². The van der Waals surface area contributed by atoms with Gasteiger partial charge in [-0.25, -0.2) is 19.6 Å². The standard InChI is InChI=1S/C40H32Br2N4O8/c1-21(51-19-35(47)48)53-25-7-3-5-23(17-25)37-27-9-13-31(43-27)39(41)33-15-11-29(45-33)38(24-6-4-8-26(18-24)54-22(2)52-20-36(49)50)30-12-16-34(46-30)40(42)32-14-10-28(37)44-32/h3-18,21-22,43,46H,19-20H2,1-2H3,(H,47,48)(H,49,50). The lowest BCUT2D eigenvalue weighted by molar-refractivity contribution is -0.151. The van der Waals surface area contributed by atoms with E-state index in [9.17, 15) is 9.59 Å². The molecule has 0 spiro atoms. The molecule has 14 heteroatoms. The van der Waals surface area contributed by atoms with Gasteiger partial charge in [0.05, 0.1) is 42.8 Å². The first kappa shape index (κ1) is 36.8. The van der Waals surface area contributed by atoms with Crippen molar-refractivity contribution in [3.63, 3.8) is 0 Å². The fourth-order valence-electron chi connectivity index (χ4n) is 6.02. The number of aliphatic carboxylic acids is 2. The smallest absolute Gasteiger partial charge is 0.329 e. The molecule has 2 aliphatic heterocycles. The Balaban J connectivity index is 1.39. The number of halogens is 2. The maximum atomic E-state index is 11.0. The number of aromatic amines is 2. The number of hydrogen-bond acceptors (Lipinski definition) is 8. The van der Waals surface area contributed by atoms with Crippen LogP contribution in [0, 0.1) is 0 Å². The summed E-state index contributed by atoms with van der Waals surface area (Å²) in [5, 5.41) is 18.0. The van der Waals surface area contributed by atoms with Crippen molar-refractivity contribution in [1.29, 1.82) is 0 Å². The molecule has 0 saturated heterocycles. The van der Waals surface area contributed by atoms with Crippen molar-refractivity contribution in [2.75, 3.05) is 13.2 Å². The first-order valence-electron chi connectivity index (χ1n) is 16.7. The minimum atomic E-state index is -1.08. The van der Waals surface area contributed by atoms with Crippen LogP contribution in [0.4, 0.5) is 0 Å². The molecule has 2 aliphatic rings. The number of carbonyl (C=O) groups is 2. The fraction of sp³-hybridized carbons (Fsp3) is 0.150. The van der Waals surface area contributed by atoms with E-state index in [0.29, 0.717) is 34.3 Å². The van der Waals surface area contributed by atoms with Crippen LogP contribution in [-0.4, -0.2) is 67.9 Å². The SMILES string of the molecule is CC(OCC(=O)O)Oc1cccc(-c2c3nc(c(Br)c4ccc([nH]4)c(-c4cccc(OC(C)OCC(=O)O)c4)c4nc(c(Br)c5ccc2[nH]5)C=C4)C=C3)c1. The van der Waals surface area contributed by atoms with E-state index in [-0.39, 0.29) is 0 Å². The van der Waals surface area contributed by atoms with Crippen LogP contribution in [0.3, 0.4) is 0 Å². The number of benzene rings is 2. The first-order valence-corrected chi connectivity index (χ1v) is 18.3. The number of aromatic nitrogens is 4. The number of nitrogens with zero attached hydrogens (tertiary/aromatic N) is 2. The Morgan fingerprint density at radius 2 is 1.00 bits per heavy atom. The van der Waals surface area contributed by atoms with Gasteiger partial charge < -0.3 is 39.1 Å². The lowest BCUT2D eigenvalue weighted by Gasteiger charge is -2.15. The normalized spacial score (nSPS) is 13.1. The number of ether oxygens (including phenoxy) is 4. The van der Waals surface area contributed by atoms with Crippen molar-refractivity contribution in [3.8, 4) is 33.8 Å². The Kier molecular flexibility index (Phi) is 10.8. The molecule has 3 aromatic heterocycles. The molecule has 4 N–H and O–H groups in total. The molecule has 0 aliphatic carbocycles. The maximum absolute atomic E-state index is 11.0. The summed E-state index contributed by atoms with van der Waals surface area (Å²) >= 11 is 7.61. The van der Waals surface area contributed by atoms with Crippen molar-refractivity contribution in [2.45, 2.75) is 26.4 Å². The zero-order valence-electron chi connectivity index (χ0n) is 28.8. The Morgan fingerprint density at radius 1 is 0.611 bits per heavy atom. The molecule has 12 nitrogen and oxygen atoms in total. The highest BCUT2D eigenvalue weighted by atomic mass is 79.9. The Bertz CT molecular complexity index is 2330. The van der Waals surface area contributed by atoms with Crippen molar-refractivity contribution in [2.24, 2.45) is 0 Å². The molecule has 2 atom stereocenters. The second-order valence-electron chi connectivity index (χ2n) is 12.2. The van der Waals surface area contributed by atoms with Crippen molar-refractivity contribution in [1.82, 2.24) is 19.9 Å². The van der Waals surface area contributed by atoms with Crippen LogP contribution in [0.15, 0.2) is 81.7 Å². The largest absolute Gasteiger partial charge is 0.480 e. The summed E-state index contributed by atoms with van der Waals surface area (Å²) in [7, 11) is 0. The average molecular weight is 857 g/mol. The van der Waals surface area contributed by atoms with E-state index < -0.39 is 37.7 Å². The minimum Gasteiger partial charge on any atom is -0.480 e. The molecule has 2 unspecified atom stereocenters. The van der Waals surface area contributed by atoms with Gasteiger partial charge in [0.2, 0.25) is 0 Å². The molecular weight excluding hydrogens is 824 g/mol. The van der Waals surface area contributed by atoms with E-state index >= 15 is 0 Å². The van der Waals surface area contributed by atoms with Crippen LogP contribution in [0.5, 0.6) is 11.5 Å². The molecule has 5 aromatic rings. The summed E-state index contributed by atoms with van der Waals surface area (Å²) in [6.45, 7) is 2.33. The van der Waals surface area contributed by atoms with E-state index in [1.54, 1.807) is 26.0 Å². The summed E-state index contributed by atoms with van der Waals surface area (Å²) in [5.74, 6) is -1.16. The third-order valence-electron chi connectivity index (χ3n) is 8.36. The second kappa shape index (κ2) is 15.8. The summed E-state index contributed by atoms with van der Waals surface area (Å²) in [5.41, 5.74) is 9.23. The Hall–Kier alpha value is -5.54. The quantitative estimate of drug-likeness (QED) is 0.0870. The third kappa shape index (κ3) is 8.16. The predicted molar refractivity (Wildman–Crippen MR) is 212 cm³/mol. The summed E-state index contributed by atoms with van der Waals surface area (Å²) in [6, 6.07) is 22.8. The van der Waals surface area contributed by atoms with Crippen molar-refractivity contribution < 1.29 is 38.7 Å². The monoisotopic (exact) mass is 854 g/mol. The lowest BCUT2D eigenvalue weighted by atomic mass is 10.0. The van der Waals surface area contributed by atoms with Gasteiger partial charge in [-0.05, 0) is 130 Å². The number of fused-ring (bicyclic) bond motifs is 8. The van der Waals surface area contributed by atoms with Crippen LogP contribution >= 0.6 is 31.9 Å². The fourth-order valence-corrected chi connectivity index (χ4v) is 6.93. The highest BCUT2D eigenvalue weighted by Gasteiger charge is 2.18. The van der Waals surface area contributed by atoms with Crippen LogP contribution in [0.25, 0.3) is 68.6 Å². The number of hydrogen-bond donors (Lipinski definition) is 4. The van der Waals surface area contributed by atoms with Gasteiger partial charge in [0.25, 0.3) is 0 Å². The van der Waals surface area contributed by atoms with Crippen LogP contribution < -0.4 is 9.47 Å². The molecule has 7 rings (SSSR count). The number of carboxylic acid groups (broad SMARTS) is 2. The van der Waals surface area contributed by atoms with Gasteiger partial charge in [0.1, 0.15) is 24.7 Å².